The van der Waals surface area contributed by atoms with Gasteiger partial charge in [0.05, 0.1) is 18.8 Å². The number of benzene rings is 1. The molecule has 20 heavy (non-hydrogen) atoms. The van der Waals surface area contributed by atoms with E-state index in [0.29, 0.717) is 0 Å². The Labute approximate surface area is 115 Å². The smallest absolute Gasteiger partial charge is 0.314 e. The summed E-state index contributed by atoms with van der Waals surface area (Å²) in [7, 11) is -3.59. The van der Waals surface area contributed by atoms with Crippen LogP contribution in [0.3, 0.4) is 0 Å². The van der Waals surface area contributed by atoms with Crippen LogP contribution < -0.4 is 5.73 Å². The average Bonchev–Trinajstić information content (AvgIpc) is 2.37. The molecule has 0 radical (unpaired) electrons. The SMILES string of the molecule is CCOP(=O)(OCC)[C@@H](N)c1ccc(C(F)(F)F)cc1. The van der Waals surface area contributed by atoms with Crippen molar-refractivity contribution in [3.8, 4) is 0 Å². The molecule has 0 aliphatic carbocycles. The molecule has 0 unspecified atom stereocenters. The molecule has 0 saturated carbocycles. The summed E-state index contributed by atoms with van der Waals surface area (Å²) in [5, 5.41) is 0. The highest BCUT2D eigenvalue weighted by Crippen LogP contribution is 2.58. The normalized spacial score (nSPS) is 14.3. The zero-order valence-electron chi connectivity index (χ0n) is 11.2. The summed E-state index contributed by atoms with van der Waals surface area (Å²) in [6.07, 6.45) is -4.42. The molecule has 0 aromatic heterocycles. The largest absolute Gasteiger partial charge is 0.416 e. The zero-order valence-corrected chi connectivity index (χ0v) is 12.1. The van der Waals surface area contributed by atoms with Crippen molar-refractivity contribution in [1.82, 2.24) is 0 Å². The highest BCUT2D eigenvalue weighted by atomic mass is 31.2. The summed E-state index contributed by atoms with van der Waals surface area (Å²) < 4.78 is 59.9. The Morgan fingerprint density at radius 2 is 1.60 bits per heavy atom. The van der Waals surface area contributed by atoms with Crippen LogP contribution in [0, 0.1) is 0 Å². The molecule has 1 aromatic carbocycles. The van der Waals surface area contributed by atoms with Gasteiger partial charge in [0, 0.05) is 0 Å². The number of halogens is 3. The van der Waals surface area contributed by atoms with Crippen LogP contribution in [0.4, 0.5) is 13.2 Å². The third-order valence-electron chi connectivity index (χ3n) is 2.54. The van der Waals surface area contributed by atoms with E-state index in [1.807, 2.05) is 0 Å². The molecule has 0 fully saturated rings. The maximum absolute atomic E-state index is 12.5. The Morgan fingerprint density at radius 1 is 1.15 bits per heavy atom. The summed E-state index contributed by atoms with van der Waals surface area (Å²) in [4.78, 5) is 0. The third-order valence-corrected chi connectivity index (χ3v) is 4.75. The van der Waals surface area contributed by atoms with Crippen molar-refractivity contribution >= 4 is 7.60 Å². The maximum Gasteiger partial charge on any atom is 0.416 e. The fraction of sp³-hybridized carbons (Fsp3) is 0.500. The minimum atomic E-state index is -4.42. The second kappa shape index (κ2) is 6.72. The number of hydrogen-bond acceptors (Lipinski definition) is 4. The van der Waals surface area contributed by atoms with E-state index in [4.69, 9.17) is 14.8 Å². The molecule has 1 aromatic rings. The highest BCUT2D eigenvalue weighted by molar-refractivity contribution is 7.54. The van der Waals surface area contributed by atoms with E-state index in [9.17, 15) is 17.7 Å². The van der Waals surface area contributed by atoms with Crippen LogP contribution in [0.5, 0.6) is 0 Å². The second-order valence-electron chi connectivity index (χ2n) is 3.94. The Hall–Kier alpha value is -0.880. The lowest BCUT2D eigenvalue weighted by atomic mass is 10.1. The topological polar surface area (TPSA) is 61.5 Å². The number of nitrogens with two attached hydrogens (primary N) is 1. The molecule has 0 heterocycles. The van der Waals surface area contributed by atoms with Gasteiger partial charge in [0.1, 0.15) is 5.78 Å². The molecule has 4 nitrogen and oxygen atoms in total. The van der Waals surface area contributed by atoms with Crippen molar-refractivity contribution in [1.29, 1.82) is 0 Å². The van der Waals surface area contributed by atoms with Gasteiger partial charge in [-0.1, -0.05) is 12.1 Å². The van der Waals surface area contributed by atoms with Crippen LogP contribution in [-0.2, 0) is 19.8 Å². The first-order valence-electron chi connectivity index (χ1n) is 6.06. The summed E-state index contributed by atoms with van der Waals surface area (Å²) >= 11 is 0. The van der Waals surface area contributed by atoms with Gasteiger partial charge in [0.25, 0.3) is 0 Å². The predicted octanol–water partition coefficient (Wildman–Crippen LogP) is 3.93. The summed E-state index contributed by atoms with van der Waals surface area (Å²) in [5.41, 5.74) is 5.28. The summed E-state index contributed by atoms with van der Waals surface area (Å²) in [5.74, 6) is -1.12. The van der Waals surface area contributed by atoms with Crippen LogP contribution in [-0.4, -0.2) is 13.2 Å². The van der Waals surface area contributed by atoms with Gasteiger partial charge in [-0.2, -0.15) is 13.2 Å². The lowest BCUT2D eigenvalue weighted by Gasteiger charge is -2.23. The van der Waals surface area contributed by atoms with Crippen molar-refractivity contribution in [2.45, 2.75) is 25.8 Å². The van der Waals surface area contributed by atoms with E-state index in [1.165, 1.54) is 12.1 Å². The quantitative estimate of drug-likeness (QED) is 0.809. The van der Waals surface area contributed by atoms with Crippen LogP contribution in [0.1, 0.15) is 30.8 Å². The molecule has 0 saturated heterocycles. The molecular formula is C12H17F3NO3P. The first-order chi connectivity index (χ1) is 9.24. The molecule has 0 aliphatic heterocycles. The van der Waals surface area contributed by atoms with Gasteiger partial charge in [-0.05, 0) is 31.5 Å². The first kappa shape index (κ1) is 17.2. The molecule has 2 N–H and O–H groups in total. The third kappa shape index (κ3) is 4.06. The van der Waals surface area contributed by atoms with Crippen molar-refractivity contribution in [3.63, 3.8) is 0 Å². The van der Waals surface area contributed by atoms with E-state index < -0.39 is 25.1 Å². The molecule has 0 aliphatic rings. The van der Waals surface area contributed by atoms with Gasteiger partial charge in [-0.3, -0.25) is 4.57 Å². The van der Waals surface area contributed by atoms with E-state index in [-0.39, 0.29) is 18.8 Å². The molecular weight excluding hydrogens is 294 g/mol. The highest BCUT2D eigenvalue weighted by Gasteiger charge is 2.35. The molecule has 0 bridgehead atoms. The van der Waals surface area contributed by atoms with Crippen molar-refractivity contribution in [2.24, 2.45) is 5.73 Å². The number of hydrogen-bond donors (Lipinski definition) is 1. The molecule has 114 valence electrons. The van der Waals surface area contributed by atoms with E-state index in [0.717, 1.165) is 12.1 Å². The van der Waals surface area contributed by atoms with Crippen LogP contribution in [0.2, 0.25) is 0 Å². The fourth-order valence-corrected chi connectivity index (χ4v) is 3.26. The predicted molar refractivity (Wildman–Crippen MR) is 69.2 cm³/mol. The Balaban J connectivity index is 3.01. The Morgan fingerprint density at radius 3 is 1.95 bits per heavy atom. The van der Waals surface area contributed by atoms with Crippen molar-refractivity contribution in [2.75, 3.05) is 13.2 Å². The van der Waals surface area contributed by atoms with Crippen molar-refractivity contribution < 1.29 is 26.8 Å². The van der Waals surface area contributed by atoms with E-state index in [2.05, 4.69) is 0 Å². The van der Waals surface area contributed by atoms with Crippen LogP contribution in [0.15, 0.2) is 24.3 Å². The van der Waals surface area contributed by atoms with Gasteiger partial charge >= 0.3 is 13.8 Å². The minimum absolute atomic E-state index is 0.131. The van der Waals surface area contributed by atoms with Gasteiger partial charge in [0.15, 0.2) is 0 Å². The first-order valence-corrected chi connectivity index (χ1v) is 7.67. The standard InChI is InChI=1S/C12H17F3NO3P/c1-3-18-20(17,19-4-2)11(16)9-5-7-10(8-6-9)12(13,14)15/h5-8,11H,3-4,16H2,1-2H3/t11-/m1/s1. The average molecular weight is 311 g/mol. The zero-order chi connectivity index (χ0) is 15.4. The van der Waals surface area contributed by atoms with Gasteiger partial charge in [-0.15, -0.1) is 0 Å². The molecule has 0 spiro atoms. The van der Waals surface area contributed by atoms with Crippen LogP contribution in [0.25, 0.3) is 0 Å². The van der Waals surface area contributed by atoms with E-state index >= 15 is 0 Å². The van der Waals surface area contributed by atoms with Crippen molar-refractivity contribution in [3.05, 3.63) is 35.4 Å². The van der Waals surface area contributed by atoms with Gasteiger partial charge < -0.3 is 14.8 Å². The Bertz CT molecular complexity index is 466. The summed E-state index contributed by atoms with van der Waals surface area (Å²) in [6.45, 7) is 3.52. The lowest BCUT2D eigenvalue weighted by Crippen LogP contribution is -2.15. The second-order valence-corrected chi connectivity index (χ2v) is 6.09. The molecule has 1 rings (SSSR count). The van der Waals surface area contributed by atoms with E-state index in [1.54, 1.807) is 13.8 Å². The summed E-state index contributed by atoms with van der Waals surface area (Å²) in [6, 6.07) is 4.13. The lowest BCUT2D eigenvalue weighted by molar-refractivity contribution is -0.137. The van der Waals surface area contributed by atoms with Gasteiger partial charge in [-0.25, -0.2) is 0 Å². The number of alkyl halides is 3. The minimum Gasteiger partial charge on any atom is -0.314 e. The maximum atomic E-state index is 12.5. The molecule has 8 heteroatoms. The fourth-order valence-electron chi connectivity index (χ4n) is 1.61. The molecule has 0 amide bonds. The molecule has 1 atom stereocenters. The monoisotopic (exact) mass is 311 g/mol. The van der Waals surface area contributed by atoms with Gasteiger partial charge in [0.2, 0.25) is 0 Å². The van der Waals surface area contributed by atoms with Crippen LogP contribution >= 0.6 is 7.60 Å². The Kier molecular flexibility index (Phi) is 5.77. The number of rotatable bonds is 6.